The molecule has 0 unspecified atom stereocenters. The third-order valence-corrected chi connectivity index (χ3v) is 2.66. The van der Waals surface area contributed by atoms with Gasteiger partial charge in [0.1, 0.15) is 17.4 Å². The number of nitrogens with zero attached hydrogens (tertiary/aromatic N) is 1. The molecule has 13 heavy (non-hydrogen) atoms. The van der Waals surface area contributed by atoms with Gasteiger partial charge in [0.2, 0.25) is 0 Å². The molecule has 1 nitrogen and oxygen atoms in total. The highest BCUT2D eigenvalue weighted by molar-refractivity contribution is 7.17. The second-order valence-corrected chi connectivity index (χ2v) is 3.51. The lowest BCUT2D eigenvalue weighted by Crippen LogP contribution is -1.74. The first-order chi connectivity index (χ1) is 6.22. The summed E-state index contributed by atoms with van der Waals surface area (Å²) in [4.78, 5) is 0. The number of fused-ring (bicyclic) bond motifs is 1. The molecule has 0 radical (unpaired) electrons. The lowest BCUT2D eigenvalue weighted by atomic mass is 10.2. The van der Waals surface area contributed by atoms with Crippen LogP contribution >= 0.6 is 11.3 Å². The van der Waals surface area contributed by atoms with Crippen molar-refractivity contribution >= 4 is 21.4 Å². The molecule has 4 heteroatoms. The van der Waals surface area contributed by atoms with Crippen LogP contribution in [0.15, 0.2) is 18.2 Å². The molecule has 64 valence electrons. The summed E-state index contributed by atoms with van der Waals surface area (Å²) in [7, 11) is 0. The van der Waals surface area contributed by atoms with Gasteiger partial charge in [0, 0.05) is 10.1 Å². The monoisotopic (exact) mass is 195 g/mol. The van der Waals surface area contributed by atoms with Gasteiger partial charge >= 0.3 is 0 Å². The number of thiophene rings is 1. The maximum absolute atomic E-state index is 13.0. The van der Waals surface area contributed by atoms with E-state index in [4.69, 9.17) is 5.26 Å². The topological polar surface area (TPSA) is 23.8 Å². The fourth-order valence-corrected chi connectivity index (χ4v) is 2.05. The molecule has 0 bridgehead atoms. The Kier molecular flexibility index (Phi) is 1.74. The first-order valence-electron chi connectivity index (χ1n) is 3.50. The number of halogens is 2. The fourth-order valence-electron chi connectivity index (χ4n) is 1.14. The van der Waals surface area contributed by atoms with Crippen LogP contribution in [0.4, 0.5) is 8.78 Å². The second kappa shape index (κ2) is 2.79. The van der Waals surface area contributed by atoms with Crippen molar-refractivity contribution in [1.82, 2.24) is 0 Å². The summed E-state index contributed by atoms with van der Waals surface area (Å²) in [5.41, 5.74) is 0.000000000000000222. The predicted molar refractivity (Wildman–Crippen MR) is 46.5 cm³/mol. The van der Waals surface area contributed by atoms with Crippen molar-refractivity contribution in [3.05, 3.63) is 34.7 Å². The van der Waals surface area contributed by atoms with Crippen LogP contribution in [0.3, 0.4) is 0 Å². The molecule has 0 fully saturated rings. The Morgan fingerprint density at radius 1 is 1.31 bits per heavy atom. The van der Waals surface area contributed by atoms with Crippen molar-refractivity contribution < 1.29 is 8.78 Å². The molecule has 1 aromatic carbocycles. The zero-order valence-corrected chi connectivity index (χ0v) is 7.16. The predicted octanol–water partition coefficient (Wildman–Crippen LogP) is 3.05. The molecular weight excluding hydrogens is 192 g/mol. The molecule has 0 saturated heterocycles. The number of rotatable bonds is 0. The van der Waals surface area contributed by atoms with Crippen molar-refractivity contribution in [2.24, 2.45) is 0 Å². The van der Waals surface area contributed by atoms with E-state index in [0.29, 0.717) is 10.1 Å². The van der Waals surface area contributed by atoms with Gasteiger partial charge in [-0.3, -0.25) is 0 Å². The summed E-state index contributed by atoms with van der Waals surface area (Å²) in [6, 6.07) is 5.61. The van der Waals surface area contributed by atoms with Crippen LogP contribution in [0.5, 0.6) is 0 Å². The van der Waals surface area contributed by atoms with Gasteiger partial charge in [-0.1, -0.05) is 0 Å². The summed E-state index contributed by atoms with van der Waals surface area (Å²) in [6.45, 7) is 0. The van der Waals surface area contributed by atoms with Crippen LogP contribution in [-0.2, 0) is 0 Å². The van der Waals surface area contributed by atoms with Gasteiger partial charge < -0.3 is 0 Å². The van der Waals surface area contributed by atoms with Crippen molar-refractivity contribution in [2.45, 2.75) is 0 Å². The third kappa shape index (κ3) is 1.18. The molecule has 1 heterocycles. The van der Waals surface area contributed by atoms with Gasteiger partial charge in [0.15, 0.2) is 5.13 Å². The van der Waals surface area contributed by atoms with Crippen molar-refractivity contribution in [3.8, 4) is 6.07 Å². The lowest BCUT2D eigenvalue weighted by Gasteiger charge is -1.88. The minimum Gasteiger partial charge on any atom is -0.207 e. The average molecular weight is 195 g/mol. The minimum absolute atomic E-state index is 0.000000000000000222. The summed E-state index contributed by atoms with van der Waals surface area (Å²) >= 11 is 0.788. The maximum Gasteiger partial charge on any atom is 0.195 e. The number of hydrogen-bond donors (Lipinski definition) is 0. The quantitative estimate of drug-likeness (QED) is 0.633. The summed E-state index contributed by atoms with van der Waals surface area (Å²) in [5.74, 6) is -0.418. The van der Waals surface area contributed by atoms with E-state index in [1.165, 1.54) is 18.2 Å². The zero-order valence-electron chi connectivity index (χ0n) is 6.34. The highest BCUT2D eigenvalue weighted by Crippen LogP contribution is 2.29. The zero-order chi connectivity index (χ0) is 9.42. The van der Waals surface area contributed by atoms with Crippen LogP contribution < -0.4 is 0 Å². The second-order valence-electron chi connectivity index (χ2n) is 2.50. The molecule has 0 saturated carbocycles. The van der Waals surface area contributed by atoms with Gasteiger partial charge in [-0.2, -0.15) is 9.65 Å². The largest absolute Gasteiger partial charge is 0.207 e. The normalized spacial score (nSPS) is 10.2. The molecule has 1 aromatic heterocycles. The van der Waals surface area contributed by atoms with Crippen LogP contribution in [0.1, 0.15) is 5.56 Å². The minimum atomic E-state index is -0.553. The first-order valence-corrected chi connectivity index (χ1v) is 4.31. The Bertz CT molecular complexity index is 510. The highest BCUT2D eigenvalue weighted by Gasteiger charge is 2.11. The third-order valence-electron chi connectivity index (χ3n) is 1.72. The molecule has 0 aliphatic rings. The SMILES string of the molecule is N#Cc1c(F)sc2cc(F)ccc12. The number of nitriles is 1. The average Bonchev–Trinajstić information content (AvgIpc) is 2.39. The Hall–Kier alpha value is -1.47. The van der Waals surface area contributed by atoms with Gasteiger partial charge in [-0.25, -0.2) is 4.39 Å². The Morgan fingerprint density at radius 3 is 2.77 bits per heavy atom. The van der Waals surface area contributed by atoms with E-state index in [1.807, 2.05) is 0 Å². The van der Waals surface area contributed by atoms with Gasteiger partial charge in [0.05, 0.1) is 0 Å². The molecule has 0 spiro atoms. The van der Waals surface area contributed by atoms with E-state index in [1.54, 1.807) is 6.07 Å². The lowest BCUT2D eigenvalue weighted by molar-refractivity contribution is 0.630. The fraction of sp³-hybridized carbons (Fsp3) is 0. The van der Waals surface area contributed by atoms with Crippen LogP contribution in [0.25, 0.3) is 10.1 Å². The van der Waals surface area contributed by atoms with Crippen LogP contribution in [0.2, 0.25) is 0 Å². The number of benzene rings is 1. The van der Waals surface area contributed by atoms with E-state index in [2.05, 4.69) is 0 Å². The molecule has 0 N–H and O–H groups in total. The van der Waals surface area contributed by atoms with Crippen LogP contribution in [0, 0.1) is 22.3 Å². The Labute approximate surface area is 76.8 Å². The van der Waals surface area contributed by atoms with Crippen LogP contribution in [-0.4, -0.2) is 0 Å². The summed E-state index contributed by atoms with van der Waals surface area (Å²) < 4.78 is 26.2. The van der Waals surface area contributed by atoms with E-state index >= 15 is 0 Å². The van der Waals surface area contributed by atoms with Crippen molar-refractivity contribution in [2.75, 3.05) is 0 Å². The van der Waals surface area contributed by atoms with E-state index in [0.717, 1.165) is 11.3 Å². The van der Waals surface area contributed by atoms with E-state index in [9.17, 15) is 8.78 Å². The molecule has 2 rings (SSSR count). The Balaban J connectivity index is 2.88. The van der Waals surface area contributed by atoms with E-state index < -0.39 is 10.9 Å². The highest BCUT2D eigenvalue weighted by atomic mass is 32.1. The summed E-state index contributed by atoms with van der Waals surface area (Å²) in [6.07, 6.45) is 0. The van der Waals surface area contributed by atoms with Gasteiger partial charge in [-0.05, 0) is 18.2 Å². The summed E-state index contributed by atoms with van der Waals surface area (Å²) in [5, 5.41) is 8.52. The van der Waals surface area contributed by atoms with E-state index in [-0.39, 0.29) is 5.56 Å². The molecule has 0 aliphatic heterocycles. The van der Waals surface area contributed by atoms with Gasteiger partial charge in [0.25, 0.3) is 0 Å². The molecule has 0 amide bonds. The molecule has 0 aliphatic carbocycles. The number of hydrogen-bond acceptors (Lipinski definition) is 2. The molecule has 0 atom stereocenters. The molecule has 2 aromatic rings. The smallest absolute Gasteiger partial charge is 0.195 e. The van der Waals surface area contributed by atoms with Crippen molar-refractivity contribution in [3.63, 3.8) is 0 Å². The van der Waals surface area contributed by atoms with Gasteiger partial charge in [-0.15, -0.1) is 11.3 Å². The Morgan fingerprint density at radius 2 is 2.08 bits per heavy atom. The maximum atomic E-state index is 13.0. The first kappa shape index (κ1) is 8.14. The molecular formula is C9H3F2NS. The standard InChI is InChI=1S/C9H3F2NS/c10-5-1-2-6-7(4-12)9(11)13-8(6)3-5/h1-3H. The van der Waals surface area contributed by atoms with Crippen molar-refractivity contribution in [1.29, 1.82) is 5.26 Å².